The smallest absolute Gasteiger partial charge is 0.304 e. The number of carbonyl (C=O) groups excluding carboxylic acids is 1. The summed E-state index contributed by atoms with van der Waals surface area (Å²) < 4.78 is 5.95. The second-order valence-electron chi connectivity index (χ2n) is 7.64. The molecule has 0 saturated heterocycles. The molecule has 1 spiro atoms. The number of allylic oxidation sites excluding steroid dienone is 1. The molecule has 2 aliphatic carbocycles. The minimum Gasteiger partial charge on any atom is -0.489 e. The number of benzene rings is 1. The van der Waals surface area contributed by atoms with Gasteiger partial charge in [0.25, 0.3) is 0 Å². The van der Waals surface area contributed by atoms with E-state index in [1.165, 1.54) is 5.57 Å². The van der Waals surface area contributed by atoms with Crippen LogP contribution in [0, 0.1) is 17.3 Å². The van der Waals surface area contributed by atoms with Gasteiger partial charge in [-0.1, -0.05) is 24.1 Å². The molecule has 4 heteroatoms. The van der Waals surface area contributed by atoms with Crippen LogP contribution in [0.25, 0.3) is 0 Å². The van der Waals surface area contributed by atoms with E-state index in [-0.39, 0.29) is 17.8 Å². The van der Waals surface area contributed by atoms with Gasteiger partial charge in [-0.2, -0.15) is 0 Å². The largest absolute Gasteiger partial charge is 0.489 e. The van der Waals surface area contributed by atoms with Crippen molar-refractivity contribution in [2.75, 3.05) is 6.61 Å². The zero-order valence-corrected chi connectivity index (χ0v) is 15.8. The topological polar surface area (TPSA) is 63.6 Å². The summed E-state index contributed by atoms with van der Waals surface area (Å²) in [4.78, 5) is 22.7. The van der Waals surface area contributed by atoms with E-state index < -0.39 is 5.97 Å². The molecule has 27 heavy (non-hydrogen) atoms. The number of hydrogen-bond acceptors (Lipinski definition) is 3. The van der Waals surface area contributed by atoms with E-state index in [0.717, 1.165) is 37.0 Å². The van der Waals surface area contributed by atoms with Crippen molar-refractivity contribution in [3.63, 3.8) is 0 Å². The van der Waals surface area contributed by atoms with Crippen LogP contribution in [0.5, 0.6) is 5.75 Å². The van der Waals surface area contributed by atoms with Gasteiger partial charge in [0.1, 0.15) is 18.1 Å². The Morgan fingerprint density at radius 2 is 2.04 bits per heavy atom. The van der Waals surface area contributed by atoms with Crippen LogP contribution in [0.1, 0.15) is 63.4 Å². The van der Waals surface area contributed by atoms with Crippen LogP contribution < -0.4 is 4.74 Å². The van der Waals surface area contributed by atoms with Gasteiger partial charge in [-0.3, -0.25) is 9.59 Å². The molecule has 2 aliphatic rings. The number of carbonyl (C=O) groups is 2. The molecule has 4 nitrogen and oxygen atoms in total. The number of carboxylic acids is 1. The van der Waals surface area contributed by atoms with Crippen LogP contribution >= 0.6 is 0 Å². The van der Waals surface area contributed by atoms with E-state index in [2.05, 4.69) is 17.9 Å². The molecule has 0 heterocycles. The Morgan fingerprint density at radius 3 is 2.67 bits per heavy atom. The molecule has 1 saturated carbocycles. The Labute approximate surface area is 160 Å². The van der Waals surface area contributed by atoms with E-state index in [1.54, 1.807) is 6.92 Å². The third kappa shape index (κ3) is 5.01. The lowest BCUT2D eigenvalue weighted by atomic mass is 9.75. The zero-order chi connectivity index (χ0) is 19.3. The predicted octanol–water partition coefficient (Wildman–Crippen LogP) is 4.50. The van der Waals surface area contributed by atoms with Crippen molar-refractivity contribution < 1.29 is 19.4 Å². The first-order valence-electron chi connectivity index (χ1n) is 9.59. The summed E-state index contributed by atoms with van der Waals surface area (Å²) in [6.07, 6.45) is 7.94. The Balaban J connectivity index is 1.62. The number of Topliss-reactive ketones (excluding diaryl/α,β-unsaturated/α-hetero) is 1. The van der Waals surface area contributed by atoms with Gasteiger partial charge in [-0.15, -0.1) is 5.92 Å². The number of ketones is 1. The molecule has 0 bridgehead atoms. The molecule has 2 atom stereocenters. The Morgan fingerprint density at radius 1 is 1.26 bits per heavy atom. The highest BCUT2D eigenvalue weighted by Gasteiger charge is 2.38. The average Bonchev–Trinajstić information content (AvgIpc) is 2.99. The van der Waals surface area contributed by atoms with Crippen LogP contribution in [0.3, 0.4) is 0 Å². The highest BCUT2D eigenvalue weighted by Crippen LogP contribution is 2.45. The van der Waals surface area contributed by atoms with Crippen LogP contribution in [0.15, 0.2) is 35.9 Å². The molecule has 142 valence electrons. The second kappa shape index (κ2) is 8.43. The standard InChI is InChI=1S/C23H26O4/c1-2-4-19(13-22(25)26)18-6-8-21(9-7-18)27-16-17-5-3-11-23(14-17)12-10-20(24)15-23/h6-9,14,19H,3,5,10-13,15-16H2,1H3,(H,25,26)/t19-,23-/m0/s1. The molecule has 1 aromatic carbocycles. The molecular weight excluding hydrogens is 340 g/mol. The summed E-state index contributed by atoms with van der Waals surface area (Å²) in [5.74, 6) is 5.75. The number of aliphatic carboxylic acids is 1. The van der Waals surface area contributed by atoms with Gasteiger partial charge in [0, 0.05) is 12.8 Å². The van der Waals surface area contributed by atoms with Crippen LogP contribution in [0.2, 0.25) is 0 Å². The molecule has 0 unspecified atom stereocenters. The van der Waals surface area contributed by atoms with Crippen molar-refractivity contribution in [3.05, 3.63) is 41.5 Å². The van der Waals surface area contributed by atoms with Crippen molar-refractivity contribution in [1.82, 2.24) is 0 Å². The van der Waals surface area contributed by atoms with E-state index in [4.69, 9.17) is 9.84 Å². The third-order valence-electron chi connectivity index (χ3n) is 5.54. The van der Waals surface area contributed by atoms with Gasteiger partial charge in [0.15, 0.2) is 0 Å². The van der Waals surface area contributed by atoms with E-state index in [1.807, 2.05) is 24.3 Å². The van der Waals surface area contributed by atoms with Crippen LogP contribution in [-0.4, -0.2) is 23.5 Å². The maximum Gasteiger partial charge on any atom is 0.304 e. The lowest BCUT2D eigenvalue weighted by Crippen LogP contribution is -2.20. The normalized spacial score (nSPS) is 22.7. The molecule has 0 aliphatic heterocycles. The zero-order valence-electron chi connectivity index (χ0n) is 15.8. The average molecular weight is 366 g/mol. The number of rotatable bonds is 6. The lowest BCUT2D eigenvalue weighted by Gasteiger charge is -2.30. The molecule has 1 fully saturated rings. The van der Waals surface area contributed by atoms with E-state index in [0.29, 0.717) is 25.2 Å². The van der Waals surface area contributed by atoms with Crippen molar-refractivity contribution in [2.24, 2.45) is 5.41 Å². The highest BCUT2D eigenvalue weighted by atomic mass is 16.5. The quantitative estimate of drug-likeness (QED) is 0.595. The minimum atomic E-state index is -0.855. The van der Waals surface area contributed by atoms with Gasteiger partial charge in [-0.05, 0) is 61.3 Å². The minimum absolute atomic E-state index is 0.00523. The van der Waals surface area contributed by atoms with E-state index in [9.17, 15) is 9.59 Å². The van der Waals surface area contributed by atoms with Crippen molar-refractivity contribution >= 4 is 11.8 Å². The first-order valence-corrected chi connectivity index (χ1v) is 9.59. The summed E-state index contributed by atoms with van der Waals surface area (Å²) in [7, 11) is 0. The second-order valence-corrected chi connectivity index (χ2v) is 7.64. The molecule has 0 amide bonds. The summed E-state index contributed by atoms with van der Waals surface area (Å²) in [6.45, 7) is 2.26. The van der Waals surface area contributed by atoms with Gasteiger partial charge in [0.05, 0.1) is 12.3 Å². The lowest BCUT2D eigenvalue weighted by molar-refractivity contribution is -0.137. The fourth-order valence-electron chi connectivity index (χ4n) is 4.23. The monoisotopic (exact) mass is 366 g/mol. The Bertz CT molecular complexity index is 794. The van der Waals surface area contributed by atoms with E-state index >= 15 is 0 Å². The molecule has 1 N–H and O–H groups in total. The fraction of sp³-hybridized carbons (Fsp3) is 0.478. The Kier molecular flexibility index (Phi) is 6.01. The first kappa shape index (κ1) is 19.2. The number of hydrogen-bond donors (Lipinski definition) is 1. The maximum absolute atomic E-state index is 11.7. The van der Waals surface area contributed by atoms with Gasteiger partial charge >= 0.3 is 5.97 Å². The predicted molar refractivity (Wildman–Crippen MR) is 104 cm³/mol. The summed E-state index contributed by atoms with van der Waals surface area (Å²) >= 11 is 0. The van der Waals surface area contributed by atoms with Gasteiger partial charge < -0.3 is 9.84 Å². The highest BCUT2D eigenvalue weighted by molar-refractivity contribution is 5.82. The van der Waals surface area contributed by atoms with Crippen molar-refractivity contribution in [2.45, 2.75) is 57.8 Å². The van der Waals surface area contributed by atoms with Crippen LogP contribution in [-0.2, 0) is 9.59 Å². The molecule has 0 aromatic heterocycles. The molecule has 0 radical (unpaired) electrons. The molecule has 3 rings (SSSR count). The number of ether oxygens (including phenoxy) is 1. The molecular formula is C23H26O4. The maximum atomic E-state index is 11.7. The Hall–Kier alpha value is -2.54. The van der Waals surface area contributed by atoms with Gasteiger partial charge in [0.2, 0.25) is 0 Å². The van der Waals surface area contributed by atoms with Crippen LogP contribution in [0.4, 0.5) is 0 Å². The molecule has 1 aromatic rings. The summed E-state index contributed by atoms with van der Waals surface area (Å²) in [5, 5.41) is 9.04. The van der Waals surface area contributed by atoms with Crippen molar-refractivity contribution in [3.8, 4) is 17.6 Å². The number of carboxylic acid groups (broad SMARTS) is 1. The first-order chi connectivity index (χ1) is 13.0. The summed E-state index contributed by atoms with van der Waals surface area (Å²) in [6, 6.07) is 7.53. The van der Waals surface area contributed by atoms with Crippen molar-refractivity contribution in [1.29, 1.82) is 0 Å². The summed E-state index contributed by atoms with van der Waals surface area (Å²) in [5.41, 5.74) is 2.25. The SMILES string of the molecule is CC#C[C@@H](CC(=O)O)c1ccc(OCC2=C[C@]3(CCC2)CCC(=O)C3)cc1. The third-order valence-corrected chi connectivity index (χ3v) is 5.54. The van der Waals surface area contributed by atoms with Gasteiger partial charge in [-0.25, -0.2) is 0 Å². The fourth-order valence-corrected chi connectivity index (χ4v) is 4.23.